The fourth-order valence-corrected chi connectivity index (χ4v) is 2.04. The van der Waals surface area contributed by atoms with Crippen LogP contribution >= 0.6 is 0 Å². The van der Waals surface area contributed by atoms with Crippen molar-refractivity contribution in [3.05, 3.63) is 28.7 Å². The van der Waals surface area contributed by atoms with Crippen LogP contribution in [0.15, 0.2) is 23.1 Å². The normalized spacial score (nSPS) is 31.7. The second-order valence-electron chi connectivity index (χ2n) is 4.07. The van der Waals surface area contributed by atoms with Crippen LogP contribution in [0.3, 0.4) is 0 Å². The quantitative estimate of drug-likeness (QED) is 0.630. The van der Waals surface area contributed by atoms with Gasteiger partial charge in [0.05, 0.1) is 6.61 Å². The Hall–Kier alpha value is -1.41. The summed E-state index contributed by atoms with van der Waals surface area (Å²) in [7, 11) is 1.38. The van der Waals surface area contributed by atoms with Gasteiger partial charge in [-0.3, -0.25) is 9.36 Å². The number of hydrogen-bond acceptors (Lipinski definition) is 6. The number of nitrogens with zero attached hydrogens (tertiary/aromatic N) is 1. The lowest BCUT2D eigenvalue weighted by Gasteiger charge is -2.20. The van der Waals surface area contributed by atoms with Gasteiger partial charge >= 0.3 is 0 Å². The first-order valence-electron chi connectivity index (χ1n) is 5.47. The highest BCUT2D eigenvalue weighted by molar-refractivity contribution is 5.16. The average Bonchev–Trinajstić information content (AvgIpc) is 2.65. The highest BCUT2D eigenvalue weighted by Crippen LogP contribution is 2.30. The summed E-state index contributed by atoms with van der Waals surface area (Å²) < 4.78 is 11.7. The third kappa shape index (κ3) is 2.13. The molecule has 1 fully saturated rings. The van der Waals surface area contributed by atoms with Gasteiger partial charge in [0.15, 0.2) is 6.23 Å². The minimum absolute atomic E-state index is 0.150. The van der Waals surface area contributed by atoms with Gasteiger partial charge in [0.25, 0.3) is 5.56 Å². The first-order chi connectivity index (χ1) is 8.58. The SMILES string of the molecule is CO[C@H]1C(n2ccc(O)cc2=O)O[C@H](CO)[C@H]1O. The molecule has 1 aliphatic heterocycles. The maximum Gasteiger partial charge on any atom is 0.256 e. The Morgan fingerprint density at radius 3 is 2.83 bits per heavy atom. The lowest BCUT2D eigenvalue weighted by molar-refractivity contribution is -0.0619. The molecule has 1 aromatic heterocycles. The van der Waals surface area contributed by atoms with Crippen LogP contribution in [-0.4, -0.2) is 51.9 Å². The molecule has 3 N–H and O–H groups in total. The number of aromatic hydroxyl groups is 1. The van der Waals surface area contributed by atoms with E-state index in [1.807, 2.05) is 0 Å². The number of hydrogen-bond donors (Lipinski definition) is 3. The lowest BCUT2D eigenvalue weighted by atomic mass is 10.1. The molecule has 1 aromatic rings. The third-order valence-corrected chi connectivity index (χ3v) is 2.97. The van der Waals surface area contributed by atoms with E-state index in [4.69, 9.17) is 14.6 Å². The Bertz CT molecular complexity index is 473. The van der Waals surface area contributed by atoms with Crippen LogP contribution in [0, 0.1) is 0 Å². The summed E-state index contributed by atoms with van der Waals surface area (Å²) in [4.78, 5) is 11.7. The number of aromatic nitrogens is 1. The Kier molecular flexibility index (Phi) is 3.67. The largest absolute Gasteiger partial charge is 0.508 e. The second kappa shape index (κ2) is 5.07. The number of aliphatic hydroxyl groups is 2. The summed E-state index contributed by atoms with van der Waals surface area (Å²) in [5, 5.41) is 28.1. The van der Waals surface area contributed by atoms with Gasteiger partial charge in [-0.15, -0.1) is 0 Å². The minimum Gasteiger partial charge on any atom is -0.508 e. The van der Waals surface area contributed by atoms with E-state index in [0.29, 0.717) is 0 Å². The Morgan fingerprint density at radius 1 is 1.56 bits per heavy atom. The van der Waals surface area contributed by atoms with Crippen molar-refractivity contribution in [3.8, 4) is 5.75 Å². The molecule has 0 radical (unpaired) electrons. The topological polar surface area (TPSA) is 101 Å². The summed E-state index contributed by atoms with van der Waals surface area (Å²) in [6.07, 6.45) is -2.08. The molecule has 0 aliphatic carbocycles. The Balaban J connectivity index is 2.35. The number of methoxy groups -OCH3 is 1. The van der Waals surface area contributed by atoms with E-state index in [0.717, 1.165) is 6.07 Å². The van der Waals surface area contributed by atoms with E-state index in [1.165, 1.54) is 23.9 Å². The van der Waals surface area contributed by atoms with E-state index in [9.17, 15) is 15.0 Å². The van der Waals surface area contributed by atoms with E-state index in [1.54, 1.807) is 0 Å². The molecule has 0 spiro atoms. The van der Waals surface area contributed by atoms with Gasteiger partial charge in [-0.2, -0.15) is 0 Å². The van der Waals surface area contributed by atoms with Crippen LogP contribution in [-0.2, 0) is 9.47 Å². The van der Waals surface area contributed by atoms with Crippen LogP contribution < -0.4 is 5.56 Å². The fraction of sp³-hybridized carbons (Fsp3) is 0.545. The lowest BCUT2D eigenvalue weighted by Crippen LogP contribution is -2.36. The smallest absolute Gasteiger partial charge is 0.256 e. The summed E-state index contributed by atoms with van der Waals surface area (Å²) >= 11 is 0. The van der Waals surface area contributed by atoms with Gasteiger partial charge in [-0.05, 0) is 6.07 Å². The van der Waals surface area contributed by atoms with Crippen molar-refractivity contribution in [1.82, 2.24) is 4.57 Å². The van der Waals surface area contributed by atoms with Gasteiger partial charge in [0.2, 0.25) is 0 Å². The molecule has 4 atom stereocenters. The van der Waals surface area contributed by atoms with E-state index in [2.05, 4.69) is 0 Å². The van der Waals surface area contributed by atoms with Gasteiger partial charge in [0.1, 0.15) is 24.1 Å². The molecule has 7 nitrogen and oxygen atoms in total. The number of aliphatic hydroxyl groups excluding tert-OH is 2. The molecule has 0 amide bonds. The van der Waals surface area contributed by atoms with Crippen molar-refractivity contribution in [2.24, 2.45) is 0 Å². The van der Waals surface area contributed by atoms with Crippen LogP contribution in [0.4, 0.5) is 0 Å². The Labute approximate surface area is 103 Å². The maximum absolute atomic E-state index is 11.7. The van der Waals surface area contributed by atoms with Crippen molar-refractivity contribution in [2.75, 3.05) is 13.7 Å². The summed E-state index contributed by atoms with van der Waals surface area (Å²) in [5.74, 6) is -0.150. The fourth-order valence-electron chi connectivity index (χ4n) is 2.04. The van der Waals surface area contributed by atoms with E-state index in [-0.39, 0.29) is 12.4 Å². The van der Waals surface area contributed by atoms with Crippen LogP contribution in [0.25, 0.3) is 0 Å². The standard InChI is InChI=1S/C11H15NO6/c1-17-10-9(16)7(5-13)18-11(10)12-3-2-6(14)4-8(12)15/h2-4,7,9-11,13-14,16H,5H2,1H3/t7-,9-,10-,11?/m1/s1. The predicted octanol–water partition coefficient (Wildman–Crippen LogP) is -1.18. The molecular formula is C11H15NO6. The number of rotatable bonds is 3. The van der Waals surface area contributed by atoms with Crippen LogP contribution in [0.5, 0.6) is 5.75 Å². The second-order valence-corrected chi connectivity index (χ2v) is 4.07. The molecule has 1 aliphatic rings. The maximum atomic E-state index is 11.7. The molecule has 0 bridgehead atoms. The van der Waals surface area contributed by atoms with Gasteiger partial charge in [-0.1, -0.05) is 0 Å². The molecule has 2 rings (SSSR count). The molecular weight excluding hydrogens is 242 g/mol. The van der Waals surface area contributed by atoms with Crippen LogP contribution in [0.1, 0.15) is 6.23 Å². The van der Waals surface area contributed by atoms with Gasteiger partial charge < -0.3 is 24.8 Å². The monoisotopic (exact) mass is 257 g/mol. The predicted molar refractivity (Wildman–Crippen MR) is 60.2 cm³/mol. The summed E-state index contributed by atoms with van der Waals surface area (Å²) in [6, 6.07) is 2.37. The zero-order valence-electron chi connectivity index (χ0n) is 9.76. The van der Waals surface area contributed by atoms with E-state index >= 15 is 0 Å². The molecule has 0 aromatic carbocycles. The molecule has 18 heavy (non-hydrogen) atoms. The van der Waals surface area contributed by atoms with Crippen molar-refractivity contribution in [2.45, 2.75) is 24.5 Å². The molecule has 2 heterocycles. The zero-order valence-corrected chi connectivity index (χ0v) is 9.76. The average molecular weight is 257 g/mol. The molecule has 7 heteroatoms. The molecule has 100 valence electrons. The van der Waals surface area contributed by atoms with Crippen molar-refractivity contribution >= 4 is 0 Å². The van der Waals surface area contributed by atoms with Crippen LogP contribution in [0.2, 0.25) is 0 Å². The zero-order chi connectivity index (χ0) is 13.3. The summed E-state index contributed by atoms with van der Waals surface area (Å²) in [5.41, 5.74) is -0.479. The van der Waals surface area contributed by atoms with Crippen molar-refractivity contribution in [1.29, 1.82) is 0 Å². The van der Waals surface area contributed by atoms with Crippen molar-refractivity contribution in [3.63, 3.8) is 0 Å². The van der Waals surface area contributed by atoms with Gasteiger partial charge in [-0.25, -0.2) is 0 Å². The first kappa shape index (κ1) is 13.0. The molecule has 1 unspecified atom stereocenters. The highest BCUT2D eigenvalue weighted by Gasteiger charge is 2.44. The summed E-state index contributed by atoms with van der Waals surface area (Å²) in [6.45, 7) is -0.371. The highest BCUT2D eigenvalue weighted by atomic mass is 16.6. The number of ether oxygens (including phenoxy) is 2. The first-order valence-corrected chi connectivity index (χ1v) is 5.47. The minimum atomic E-state index is -1.02. The van der Waals surface area contributed by atoms with E-state index < -0.39 is 30.1 Å². The van der Waals surface area contributed by atoms with Gasteiger partial charge in [0, 0.05) is 19.4 Å². The Morgan fingerprint density at radius 2 is 2.28 bits per heavy atom. The third-order valence-electron chi connectivity index (χ3n) is 2.97. The van der Waals surface area contributed by atoms with Crippen molar-refractivity contribution < 1.29 is 24.8 Å². The molecule has 1 saturated heterocycles. The number of pyridine rings is 1. The molecule has 0 saturated carbocycles.